The van der Waals surface area contributed by atoms with Crippen LogP contribution in [0.4, 0.5) is 0 Å². The monoisotopic (exact) mass is 239 g/mol. The zero-order chi connectivity index (χ0) is 11.9. The van der Waals surface area contributed by atoms with Crippen LogP contribution in [0.2, 0.25) is 5.02 Å². The van der Waals surface area contributed by atoms with Gasteiger partial charge in [0.25, 0.3) is 0 Å². The second kappa shape index (κ2) is 3.94. The minimum Gasteiger partial charge on any atom is -0.506 e. The molecule has 1 aromatic carbocycles. The van der Waals surface area contributed by atoms with Crippen LogP contribution in [0.5, 0.6) is 5.75 Å². The molecule has 1 aromatic rings. The van der Waals surface area contributed by atoms with Gasteiger partial charge >= 0.3 is 0 Å². The fraction of sp³-hybridized carbons (Fsp3) is 0.538. The largest absolute Gasteiger partial charge is 0.506 e. The molecule has 1 aliphatic carbocycles. The van der Waals surface area contributed by atoms with Gasteiger partial charge in [0, 0.05) is 5.54 Å². The number of aromatic hydroxyl groups is 1. The summed E-state index contributed by atoms with van der Waals surface area (Å²) >= 11 is 6.04. The van der Waals surface area contributed by atoms with Crippen molar-refractivity contribution in [3.8, 4) is 5.75 Å². The van der Waals surface area contributed by atoms with E-state index in [1.54, 1.807) is 6.07 Å². The van der Waals surface area contributed by atoms with Gasteiger partial charge in [0.15, 0.2) is 0 Å². The number of nitrogens with two attached hydrogens (primary N) is 1. The topological polar surface area (TPSA) is 46.2 Å². The van der Waals surface area contributed by atoms with Gasteiger partial charge in [-0.3, -0.25) is 0 Å². The van der Waals surface area contributed by atoms with Gasteiger partial charge in [0.1, 0.15) is 5.75 Å². The Kier molecular flexibility index (Phi) is 2.89. The molecule has 0 bridgehead atoms. The van der Waals surface area contributed by atoms with E-state index in [4.69, 9.17) is 17.3 Å². The maximum Gasteiger partial charge on any atom is 0.134 e. The smallest absolute Gasteiger partial charge is 0.134 e. The molecule has 0 heterocycles. The predicted octanol–water partition coefficient (Wildman–Crippen LogP) is 3.09. The number of phenolic OH excluding ortho intramolecular Hbond substituents is 1. The second-order valence-electron chi connectivity index (χ2n) is 4.99. The minimum absolute atomic E-state index is 0.0727. The standard InChI is InChI=1S/C13H18ClNO/c1-8-7-11(16)12(14)9(2)10(8)3-4-13(15)5-6-13/h7,16H,3-6,15H2,1-2H3. The zero-order valence-corrected chi connectivity index (χ0v) is 10.6. The van der Waals surface area contributed by atoms with E-state index in [1.807, 2.05) is 13.8 Å². The first kappa shape index (κ1) is 11.7. The zero-order valence-electron chi connectivity index (χ0n) is 9.81. The SMILES string of the molecule is Cc1cc(O)c(Cl)c(C)c1CCC1(N)CC1. The molecule has 2 nitrogen and oxygen atoms in total. The Morgan fingerprint density at radius 2 is 2.06 bits per heavy atom. The molecule has 0 unspecified atom stereocenters. The number of halogens is 1. The third kappa shape index (κ3) is 2.18. The highest BCUT2D eigenvalue weighted by molar-refractivity contribution is 6.32. The van der Waals surface area contributed by atoms with Crippen LogP contribution in [-0.2, 0) is 6.42 Å². The highest BCUT2D eigenvalue weighted by Gasteiger charge is 2.37. The van der Waals surface area contributed by atoms with Gasteiger partial charge in [-0.2, -0.15) is 0 Å². The summed E-state index contributed by atoms with van der Waals surface area (Å²) in [6.07, 6.45) is 4.23. The highest BCUT2D eigenvalue weighted by Crippen LogP contribution is 2.38. The Hall–Kier alpha value is -0.730. The molecule has 0 aromatic heterocycles. The van der Waals surface area contributed by atoms with E-state index in [0.717, 1.165) is 36.8 Å². The second-order valence-corrected chi connectivity index (χ2v) is 5.37. The van der Waals surface area contributed by atoms with Gasteiger partial charge in [-0.1, -0.05) is 11.6 Å². The maximum atomic E-state index is 9.59. The lowest BCUT2D eigenvalue weighted by Crippen LogP contribution is -2.22. The summed E-state index contributed by atoms with van der Waals surface area (Å²) in [5, 5.41) is 10.1. The Morgan fingerprint density at radius 1 is 1.44 bits per heavy atom. The summed E-state index contributed by atoms with van der Waals surface area (Å²) in [5.74, 6) is 0.175. The lowest BCUT2D eigenvalue weighted by atomic mass is 9.95. The molecule has 2 rings (SSSR count). The van der Waals surface area contributed by atoms with E-state index < -0.39 is 0 Å². The van der Waals surface area contributed by atoms with Crippen LogP contribution >= 0.6 is 11.6 Å². The van der Waals surface area contributed by atoms with Crippen LogP contribution in [-0.4, -0.2) is 10.6 Å². The maximum absolute atomic E-state index is 9.59. The molecule has 0 saturated heterocycles. The van der Waals surface area contributed by atoms with Crippen molar-refractivity contribution in [2.24, 2.45) is 5.73 Å². The number of benzene rings is 1. The predicted molar refractivity (Wildman–Crippen MR) is 67.1 cm³/mol. The highest BCUT2D eigenvalue weighted by atomic mass is 35.5. The molecule has 16 heavy (non-hydrogen) atoms. The number of hydrogen-bond acceptors (Lipinski definition) is 2. The summed E-state index contributed by atoms with van der Waals surface area (Å²) in [4.78, 5) is 0. The Labute approximate surface area is 101 Å². The lowest BCUT2D eigenvalue weighted by molar-refractivity contribution is 0.474. The van der Waals surface area contributed by atoms with Crippen LogP contribution < -0.4 is 5.73 Å². The summed E-state index contributed by atoms with van der Waals surface area (Å²) in [6.45, 7) is 3.97. The summed E-state index contributed by atoms with van der Waals surface area (Å²) in [5.41, 5.74) is 9.48. The van der Waals surface area contributed by atoms with Crippen LogP contribution in [0.15, 0.2) is 6.07 Å². The first-order chi connectivity index (χ1) is 7.43. The quantitative estimate of drug-likeness (QED) is 0.852. The van der Waals surface area contributed by atoms with Gasteiger partial charge < -0.3 is 10.8 Å². The van der Waals surface area contributed by atoms with Crippen molar-refractivity contribution in [1.29, 1.82) is 0 Å². The van der Waals surface area contributed by atoms with Gasteiger partial charge in [-0.15, -0.1) is 0 Å². The van der Waals surface area contributed by atoms with E-state index in [-0.39, 0.29) is 11.3 Å². The molecule has 0 amide bonds. The molecule has 1 saturated carbocycles. The molecule has 0 spiro atoms. The Balaban J connectivity index is 2.22. The van der Waals surface area contributed by atoms with Gasteiger partial charge in [-0.05, 0) is 62.3 Å². The fourth-order valence-corrected chi connectivity index (χ4v) is 2.31. The summed E-state index contributed by atoms with van der Waals surface area (Å²) in [6, 6.07) is 1.74. The van der Waals surface area contributed by atoms with E-state index in [9.17, 15) is 5.11 Å². The minimum atomic E-state index is 0.0727. The van der Waals surface area contributed by atoms with Gasteiger partial charge in [0.05, 0.1) is 5.02 Å². The molecule has 3 N–H and O–H groups in total. The van der Waals surface area contributed by atoms with Crippen molar-refractivity contribution in [3.05, 3.63) is 27.8 Å². The normalized spacial score (nSPS) is 17.5. The van der Waals surface area contributed by atoms with E-state index >= 15 is 0 Å². The van der Waals surface area contributed by atoms with Crippen molar-refractivity contribution >= 4 is 11.6 Å². The van der Waals surface area contributed by atoms with Crippen molar-refractivity contribution in [2.75, 3.05) is 0 Å². The molecule has 0 aliphatic heterocycles. The number of phenols is 1. The third-order valence-electron chi connectivity index (χ3n) is 3.60. The van der Waals surface area contributed by atoms with Gasteiger partial charge in [-0.25, -0.2) is 0 Å². The van der Waals surface area contributed by atoms with Crippen LogP contribution in [0.3, 0.4) is 0 Å². The average Bonchev–Trinajstić information content (AvgIpc) is 2.93. The van der Waals surface area contributed by atoms with Crippen molar-refractivity contribution in [3.63, 3.8) is 0 Å². The molecular formula is C13H18ClNO. The van der Waals surface area contributed by atoms with Crippen molar-refractivity contribution in [2.45, 2.75) is 45.1 Å². The molecule has 0 atom stereocenters. The molecule has 1 aliphatic rings. The Morgan fingerprint density at radius 3 is 2.62 bits per heavy atom. The first-order valence-electron chi connectivity index (χ1n) is 5.69. The lowest BCUT2D eigenvalue weighted by Gasteiger charge is -2.15. The molecule has 88 valence electrons. The molecule has 3 heteroatoms. The van der Waals surface area contributed by atoms with Crippen molar-refractivity contribution < 1.29 is 5.11 Å². The van der Waals surface area contributed by atoms with Crippen LogP contribution in [0, 0.1) is 13.8 Å². The van der Waals surface area contributed by atoms with E-state index in [0.29, 0.717) is 5.02 Å². The van der Waals surface area contributed by atoms with E-state index in [2.05, 4.69) is 0 Å². The number of aryl methyl sites for hydroxylation is 1. The number of hydrogen-bond donors (Lipinski definition) is 2. The van der Waals surface area contributed by atoms with Crippen LogP contribution in [0.1, 0.15) is 36.0 Å². The first-order valence-corrected chi connectivity index (χ1v) is 6.07. The average molecular weight is 240 g/mol. The summed E-state index contributed by atoms with van der Waals surface area (Å²) in [7, 11) is 0. The molecular weight excluding hydrogens is 222 g/mol. The Bertz CT molecular complexity index is 424. The molecule has 0 radical (unpaired) electrons. The van der Waals surface area contributed by atoms with Crippen LogP contribution in [0.25, 0.3) is 0 Å². The van der Waals surface area contributed by atoms with Crippen molar-refractivity contribution in [1.82, 2.24) is 0 Å². The fourth-order valence-electron chi connectivity index (χ4n) is 2.15. The summed E-state index contributed by atoms with van der Waals surface area (Å²) < 4.78 is 0. The van der Waals surface area contributed by atoms with Gasteiger partial charge in [0.2, 0.25) is 0 Å². The third-order valence-corrected chi connectivity index (χ3v) is 4.08. The molecule has 1 fully saturated rings. The van der Waals surface area contributed by atoms with E-state index in [1.165, 1.54) is 5.56 Å². The number of rotatable bonds is 3.